The molecule has 0 N–H and O–H groups in total. The second-order valence-corrected chi connectivity index (χ2v) is 7.41. The largest absolute Gasteiger partial charge is 0.296 e. The second kappa shape index (κ2) is 8.58. The van der Waals surface area contributed by atoms with Crippen molar-refractivity contribution in [2.45, 2.75) is 45.3 Å². The molecule has 27 heavy (non-hydrogen) atoms. The normalized spacial score (nSPS) is 23.1. The van der Waals surface area contributed by atoms with Gasteiger partial charge in [0.1, 0.15) is 6.17 Å². The Morgan fingerprint density at radius 2 is 2.04 bits per heavy atom. The van der Waals surface area contributed by atoms with Crippen LogP contribution in [0.2, 0.25) is 0 Å². The molecule has 1 aliphatic rings. The minimum absolute atomic E-state index is 0.238. The molecular formula is C22H25F2N3. The van der Waals surface area contributed by atoms with Crippen molar-refractivity contribution in [1.29, 1.82) is 5.26 Å². The molecule has 1 aromatic heterocycles. The van der Waals surface area contributed by atoms with Gasteiger partial charge in [-0.2, -0.15) is 9.65 Å². The van der Waals surface area contributed by atoms with E-state index in [2.05, 4.69) is 11.1 Å². The molecule has 142 valence electrons. The average molecular weight is 369 g/mol. The summed E-state index contributed by atoms with van der Waals surface area (Å²) in [4.78, 5) is 6.01. The molecule has 2 unspecified atom stereocenters. The SMILES string of the molecule is CCCC1(CC#N)CCN(Cc2ccc(-c3ccccc3)nc2F)CC1F. The highest BCUT2D eigenvalue weighted by Gasteiger charge is 2.42. The van der Waals surface area contributed by atoms with Crippen LogP contribution in [-0.4, -0.2) is 29.1 Å². The van der Waals surface area contributed by atoms with Gasteiger partial charge in [-0.3, -0.25) is 4.90 Å². The molecule has 1 aromatic carbocycles. The monoisotopic (exact) mass is 369 g/mol. The fourth-order valence-corrected chi connectivity index (χ4v) is 4.01. The van der Waals surface area contributed by atoms with Crippen molar-refractivity contribution in [3.8, 4) is 17.3 Å². The van der Waals surface area contributed by atoms with Crippen LogP contribution in [0.25, 0.3) is 11.3 Å². The first-order valence-electron chi connectivity index (χ1n) is 9.52. The summed E-state index contributed by atoms with van der Waals surface area (Å²) in [6.07, 6.45) is 1.40. The maximum absolute atomic E-state index is 14.9. The summed E-state index contributed by atoms with van der Waals surface area (Å²) in [6.45, 7) is 3.26. The van der Waals surface area contributed by atoms with Crippen LogP contribution in [-0.2, 0) is 6.54 Å². The minimum Gasteiger partial charge on any atom is -0.296 e. The lowest BCUT2D eigenvalue weighted by atomic mass is 9.71. The molecule has 5 heteroatoms. The topological polar surface area (TPSA) is 39.9 Å². The van der Waals surface area contributed by atoms with E-state index in [1.165, 1.54) is 0 Å². The zero-order valence-electron chi connectivity index (χ0n) is 15.7. The van der Waals surface area contributed by atoms with E-state index in [9.17, 15) is 8.78 Å². The molecule has 0 amide bonds. The van der Waals surface area contributed by atoms with E-state index in [1.54, 1.807) is 6.07 Å². The summed E-state index contributed by atoms with van der Waals surface area (Å²) >= 11 is 0. The Labute approximate surface area is 159 Å². The number of likely N-dealkylation sites (tertiary alicyclic amines) is 1. The Bertz CT molecular complexity index is 803. The van der Waals surface area contributed by atoms with Gasteiger partial charge in [-0.1, -0.05) is 49.7 Å². The van der Waals surface area contributed by atoms with Crippen molar-refractivity contribution >= 4 is 0 Å². The number of rotatable bonds is 6. The van der Waals surface area contributed by atoms with Gasteiger partial charge in [-0.05, 0) is 25.5 Å². The van der Waals surface area contributed by atoms with Gasteiger partial charge in [-0.15, -0.1) is 0 Å². The maximum atomic E-state index is 14.9. The number of alkyl halides is 1. The third kappa shape index (κ3) is 4.33. The molecule has 1 aliphatic heterocycles. The molecule has 2 heterocycles. The van der Waals surface area contributed by atoms with Gasteiger partial charge in [0.05, 0.1) is 11.8 Å². The lowest BCUT2D eigenvalue weighted by Gasteiger charge is -2.43. The van der Waals surface area contributed by atoms with E-state index >= 15 is 0 Å². The first kappa shape index (κ1) is 19.4. The van der Waals surface area contributed by atoms with Crippen LogP contribution >= 0.6 is 0 Å². The Kier molecular flexibility index (Phi) is 6.18. The zero-order chi connectivity index (χ0) is 19.3. The van der Waals surface area contributed by atoms with Crippen molar-refractivity contribution in [3.05, 3.63) is 54.0 Å². The average Bonchev–Trinajstić information content (AvgIpc) is 2.67. The fourth-order valence-electron chi connectivity index (χ4n) is 4.01. The molecule has 3 nitrogen and oxygen atoms in total. The number of nitriles is 1. The predicted octanol–water partition coefficient (Wildman–Crippen LogP) is 5.13. The molecule has 0 saturated carbocycles. The van der Waals surface area contributed by atoms with E-state index in [1.807, 2.05) is 48.2 Å². The number of piperidine rings is 1. The predicted molar refractivity (Wildman–Crippen MR) is 102 cm³/mol. The van der Waals surface area contributed by atoms with E-state index in [0.29, 0.717) is 30.8 Å². The van der Waals surface area contributed by atoms with Crippen LogP contribution in [0.3, 0.4) is 0 Å². The second-order valence-electron chi connectivity index (χ2n) is 7.41. The first-order valence-corrected chi connectivity index (χ1v) is 9.52. The molecule has 0 bridgehead atoms. The molecule has 2 atom stereocenters. The van der Waals surface area contributed by atoms with Crippen LogP contribution in [0, 0.1) is 22.7 Å². The molecule has 3 rings (SSSR count). The molecular weight excluding hydrogens is 344 g/mol. The molecule has 0 spiro atoms. The highest BCUT2D eigenvalue weighted by molar-refractivity contribution is 5.58. The quantitative estimate of drug-likeness (QED) is 0.663. The van der Waals surface area contributed by atoms with E-state index in [-0.39, 0.29) is 13.0 Å². The van der Waals surface area contributed by atoms with Crippen molar-refractivity contribution in [1.82, 2.24) is 9.88 Å². The van der Waals surface area contributed by atoms with Crippen molar-refractivity contribution in [3.63, 3.8) is 0 Å². The van der Waals surface area contributed by atoms with Crippen LogP contribution in [0.4, 0.5) is 8.78 Å². The standard InChI is InChI=1S/C22H25F2N3/c1-2-10-22(11-13-25)12-14-27(16-20(22)23)15-18-8-9-19(26-21(18)24)17-6-4-3-5-7-17/h3-9,20H,2,10-12,14-16H2,1H3. The third-order valence-corrected chi connectivity index (χ3v) is 5.58. The summed E-state index contributed by atoms with van der Waals surface area (Å²) < 4.78 is 29.4. The lowest BCUT2D eigenvalue weighted by molar-refractivity contribution is -0.000718. The molecule has 1 saturated heterocycles. The minimum atomic E-state index is -1.06. The highest BCUT2D eigenvalue weighted by atomic mass is 19.1. The number of pyridine rings is 1. The van der Waals surface area contributed by atoms with Crippen molar-refractivity contribution < 1.29 is 8.78 Å². The van der Waals surface area contributed by atoms with Gasteiger partial charge >= 0.3 is 0 Å². The molecule has 0 aliphatic carbocycles. The first-order chi connectivity index (χ1) is 13.1. The number of nitrogens with zero attached hydrogens (tertiary/aromatic N) is 3. The van der Waals surface area contributed by atoms with Crippen LogP contribution < -0.4 is 0 Å². The van der Waals surface area contributed by atoms with Crippen LogP contribution in [0.5, 0.6) is 0 Å². The Balaban J connectivity index is 1.69. The Morgan fingerprint density at radius 3 is 2.67 bits per heavy atom. The van der Waals surface area contributed by atoms with Crippen molar-refractivity contribution in [2.75, 3.05) is 13.1 Å². The number of aromatic nitrogens is 1. The summed E-state index contributed by atoms with van der Waals surface area (Å²) in [5.41, 5.74) is 1.39. The number of hydrogen-bond donors (Lipinski definition) is 0. The maximum Gasteiger partial charge on any atom is 0.217 e. The molecule has 1 fully saturated rings. The van der Waals surface area contributed by atoms with E-state index in [4.69, 9.17) is 5.26 Å². The van der Waals surface area contributed by atoms with Gasteiger partial charge in [-0.25, -0.2) is 9.37 Å². The van der Waals surface area contributed by atoms with Crippen LogP contribution in [0.15, 0.2) is 42.5 Å². The smallest absolute Gasteiger partial charge is 0.217 e. The highest BCUT2D eigenvalue weighted by Crippen LogP contribution is 2.41. The van der Waals surface area contributed by atoms with Crippen molar-refractivity contribution in [2.24, 2.45) is 5.41 Å². The van der Waals surface area contributed by atoms with E-state index in [0.717, 1.165) is 18.4 Å². The number of hydrogen-bond acceptors (Lipinski definition) is 3. The molecule has 0 radical (unpaired) electrons. The zero-order valence-corrected chi connectivity index (χ0v) is 15.7. The fraction of sp³-hybridized carbons (Fsp3) is 0.455. The van der Waals surface area contributed by atoms with E-state index < -0.39 is 17.5 Å². The number of benzene rings is 1. The van der Waals surface area contributed by atoms with Gasteiger partial charge in [0.25, 0.3) is 0 Å². The summed E-state index contributed by atoms with van der Waals surface area (Å²) in [7, 11) is 0. The summed E-state index contributed by atoms with van der Waals surface area (Å²) in [5, 5.41) is 9.10. The van der Waals surface area contributed by atoms with Crippen LogP contribution in [0.1, 0.15) is 38.2 Å². The number of halogens is 2. The van der Waals surface area contributed by atoms with Gasteiger partial charge in [0.2, 0.25) is 5.95 Å². The lowest BCUT2D eigenvalue weighted by Crippen LogP contribution is -2.48. The van der Waals surface area contributed by atoms with Gasteiger partial charge in [0.15, 0.2) is 0 Å². The molecule has 2 aromatic rings. The third-order valence-electron chi connectivity index (χ3n) is 5.58. The van der Waals surface area contributed by atoms with Gasteiger partial charge in [0, 0.05) is 36.1 Å². The summed E-state index contributed by atoms with van der Waals surface area (Å²) in [6, 6.07) is 15.2. The Hall–Kier alpha value is -2.32. The van der Waals surface area contributed by atoms with Gasteiger partial charge < -0.3 is 0 Å². The Morgan fingerprint density at radius 1 is 1.26 bits per heavy atom. The summed E-state index contributed by atoms with van der Waals surface area (Å²) in [5.74, 6) is -0.505.